The van der Waals surface area contributed by atoms with Crippen LogP contribution < -0.4 is 0 Å². The number of aryl methyl sites for hydroxylation is 3. The maximum atomic E-state index is 12.1. The Bertz CT molecular complexity index is 560. The molecule has 0 amide bonds. The largest absolute Gasteiger partial charge is 0.441 e. The van der Waals surface area contributed by atoms with Crippen LogP contribution in [0.25, 0.3) is 11.0 Å². The molecular weight excluding hydrogens is 261 g/mol. The van der Waals surface area contributed by atoms with E-state index in [1.807, 2.05) is 26.0 Å². The highest BCUT2D eigenvalue weighted by atomic mass is 32.2. The van der Waals surface area contributed by atoms with Crippen molar-refractivity contribution in [3.8, 4) is 0 Å². The Hall–Kier alpha value is -1.17. The van der Waals surface area contributed by atoms with Gasteiger partial charge in [0.05, 0.1) is 17.4 Å². The molecule has 2 rings (SSSR count). The fourth-order valence-corrected chi connectivity index (χ4v) is 2.27. The number of benzene rings is 1. The topological polar surface area (TPSA) is 17.8 Å². The Balaban J connectivity index is 2.17. The molecule has 0 saturated heterocycles. The van der Waals surface area contributed by atoms with Gasteiger partial charge in [0.2, 0.25) is 0 Å². The first-order valence-corrected chi connectivity index (χ1v) is 6.48. The molecule has 1 aromatic carbocycles. The summed E-state index contributed by atoms with van der Waals surface area (Å²) in [7, 11) is 0. The summed E-state index contributed by atoms with van der Waals surface area (Å²) in [6.45, 7) is 4.28. The van der Waals surface area contributed by atoms with E-state index in [1.54, 1.807) is 10.9 Å². The first kappa shape index (κ1) is 13.3. The third kappa shape index (κ3) is 2.98. The van der Waals surface area contributed by atoms with Gasteiger partial charge in [-0.1, -0.05) is 0 Å². The molecule has 0 N–H and O–H groups in total. The number of rotatable bonds is 3. The van der Waals surface area contributed by atoms with E-state index in [2.05, 4.69) is 4.98 Å². The predicted octanol–water partition coefficient (Wildman–Crippen LogP) is 3.91. The van der Waals surface area contributed by atoms with Crippen LogP contribution in [-0.4, -0.2) is 20.8 Å². The van der Waals surface area contributed by atoms with Gasteiger partial charge in [-0.2, -0.15) is 13.2 Å². The summed E-state index contributed by atoms with van der Waals surface area (Å²) in [6.07, 6.45) is 1.60. The van der Waals surface area contributed by atoms with Gasteiger partial charge in [-0.25, -0.2) is 4.98 Å². The van der Waals surface area contributed by atoms with Gasteiger partial charge >= 0.3 is 5.51 Å². The fraction of sp³-hybridized carbons (Fsp3) is 0.417. The highest BCUT2D eigenvalue weighted by molar-refractivity contribution is 8.00. The van der Waals surface area contributed by atoms with Crippen LogP contribution in [0.15, 0.2) is 18.5 Å². The number of imidazole rings is 1. The summed E-state index contributed by atoms with van der Waals surface area (Å²) in [5.74, 6) is 0.00187. The number of alkyl halides is 3. The molecule has 0 fully saturated rings. The van der Waals surface area contributed by atoms with E-state index in [0.29, 0.717) is 6.54 Å². The second-order valence-corrected chi connectivity index (χ2v) is 5.32. The van der Waals surface area contributed by atoms with E-state index in [1.165, 1.54) is 0 Å². The Morgan fingerprint density at radius 2 is 1.89 bits per heavy atom. The van der Waals surface area contributed by atoms with Crippen LogP contribution in [0.4, 0.5) is 13.2 Å². The summed E-state index contributed by atoms with van der Waals surface area (Å²) >= 11 is -0.000900. The molecule has 2 aromatic rings. The number of nitrogens with zero attached hydrogens (tertiary/aromatic N) is 2. The predicted molar refractivity (Wildman–Crippen MR) is 67.7 cm³/mol. The van der Waals surface area contributed by atoms with Crippen LogP contribution in [0, 0.1) is 13.8 Å². The summed E-state index contributed by atoms with van der Waals surface area (Å²) in [6, 6.07) is 3.92. The number of fused-ring (bicyclic) bond motifs is 1. The fourth-order valence-electron chi connectivity index (χ4n) is 1.75. The molecule has 2 nitrogen and oxygen atoms in total. The molecule has 0 aliphatic rings. The number of hydrogen-bond acceptors (Lipinski definition) is 2. The maximum absolute atomic E-state index is 12.1. The second kappa shape index (κ2) is 4.84. The quantitative estimate of drug-likeness (QED) is 0.844. The van der Waals surface area contributed by atoms with Crippen LogP contribution >= 0.6 is 11.8 Å². The van der Waals surface area contributed by atoms with Crippen molar-refractivity contribution < 1.29 is 13.2 Å². The lowest BCUT2D eigenvalue weighted by molar-refractivity contribution is -0.0328. The first-order valence-electron chi connectivity index (χ1n) is 5.49. The van der Waals surface area contributed by atoms with Crippen molar-refractivity contribution in [3.05, 3.63) is 29.6 Å². The van der Waals surface area contributed by atoms with Crippen molar-refractivity contribution >= 4 is 22.8 Å². The van der Waals surface area contributed by atoms with Crippen LogP contribution in [0.3, 0.4) is 0 Å². The van der Waals surface area contributed by atoms with Crippen molar-refractivity contribution in [1.29, 1.82) is 0 Å². The van der Waals surface area contributed by atoms with Crippen LogP contribution in [0.2, 0.25) is 0 Å². The average molecular weight is 274 g/mol. The van der Waals surface area contributed by atoms with Crippen LogP contribution in [0.1, 0.15) is 11.1 Å². The standard InChI is InChI=1S/C12H13F3N2S/c1-8-5-10-11(6-9(8)2)17(7-16-10)3-4-18-12(13,14)15/h5-7H,3-4H2,1-2H3. The number of hydrogen-bond donors (Lipinski definition) is 0. The number of aromatic nitrogens is 2. The monoisotopic (exact) mass is 274 g/mol. The summed E-state index contributed by atoms with van der Waals surface area (Å²) in [5.41, 5.74) is -0.191. The second-order valence-electron chi connectivity index (χ2n) is 4.16. The molecule has 0 bridgehead atoms. The molecule has 0 saturated carbocycles. The first-order chi connectivity index (χ1) is 8.37. The molecular formula is C12H13F3N2S. The van der Waals surface area contributed by atoms with Gasteiger partial charge in [0.1, 0.15) is 0 Å². The molecule has 18 heavy (non-hydrogen) atoms. The van der Waals surface area contributed by atoms with Gasteiger partial charge in [0.25, 0.3) is 0 Å². The van der Waals surface area contributed by atoms with Crippen molar-refractivity contribution in [2.75, 3.05) is 5.75 Å². The van der Waals surface area contributed by atoms with Crippen molar-refractivity contribution in [2.24, 2.45) is 0 Å². The number of halogens is 3. The van der Waals surface area contributed by atoms with Gasteiger partial charge in [-0.05, 0) is 48.9 Å². The molecule has 98 valence electrons. The zero-order valence-corrected chi connectivity index (χ0v) is 10.9. The third-order valence-electron chi connectivity index (χ3n) is 2.83. The maximum Gasteiger partial charge on any atom is 0.441 e. The molecule has 1 aromatic heterocycles. The molecule has 0 atom stereocenters. The molecule has 6 heteroatoms. The minimum Gasteiger partial charge on any atom is -0.330 e. The van der Waals surface area contributed by atoms with Crippen molar-refractivity contribution in [1.82, 2.24) is 9.55 Å². The lowest BCUT2D eigenvalue weighted by Gasteiger charge is -2.07. The van der Waals surface area contributed by atoms with Gasteiger partial charge in [-0.3, -0.25) is 0 Å². The van der Waals surface area contributed by atoms with Crippen molar-refractivity contribution in [2.45, 2.75) is 25.9 Å². The van der Waals surface area contributed by atoms with Gasteiger partial charge < -0.3 is 4.57 Å². The summed E-state index contributed by atoms with van der Waals surface area (Å²) in [4.78, 5) is 4.21. The lowest BCUT2D eigenvalue weighted by atomic mass is 10.1. The molecule has 0 aliphatic carbocycles. The SMILES string of the molecule is Cc1cc2ncn(CCSC(F)(F)F)c2cc1C. The van der Waals surface area contributed by atoms with E-state index in [0.717, 1.165) is 22.2 Å². The zero-order chi connectivity index (χ0) is 13.3. The molecule has 0 unspecified atom stereocenters. The van der Waals surface area contributed by atoms with Gasteiger partial charge in [0, 0.05) is 12.3 Å². The van der Waals surface area contributed by atoms with Crippen LogP contribution in [0.5, 0.6) is 0 Å². The summed E-state index contributed by atoms with van der Waals surface area (Å²) < 4.78 is 37.9. The highest BCUT2D eigenvalue weighted by Crippen LogP contribution is 2.30. The number of thioether (sulfide) groups is 1. The minimum absolute atomic E-state index is 0.000900. The normalized spacial score (nSPS) is 12.3. The average Bonchev–Trinajstić information content (AvgIpc) is 2.60. The molecule has 0 spiro atoms. The minimum atomic E-state index is -4.16. The molecule has 0 radical (unpaired) electrons. The Kier molecular flexibility index (Phi) is 3.56. The Labute approximate surface area is 107 Å². The smallest absolute Gasteiger partial charge is 0.330 e. The van der Waals surface area contributed by atoms with Gasteiger partial charge in [-0.15, -0.1) is 0 Å². The lowest BCUT2D eigenvalue weighted by Crippen LogP contribution is -2.06. The van der Waals surface area contributed by atoms with E-state index < -0.39 is 5.51 Å². The zero-order valence-electron chi connectivity index (χ0n) is 10.1. The Morgan fingerprint density at radius 3 is 2.56 bits per heavy atom. The van der Waals surface area contributed by atoms with E-state index >= 15 is 0 Å². The molecule has 1 heterocycles. The Morgan fingerprint density at radius 1 is 1.22 bits per heavy atom. The van der Waals surface area contributed by atoms with E-state index in [9.17, 15) is 13.2 Å². The molecule has 0 aliphatic heterocycles. The van der Waals surface area contributed by atoms with E-state index in [-0.39, 0.29) is 17.5 Å². The van der Waals surface area contributed by atoms with Crippen LogP contribution in [-0.2, 0) is 6.54 Å². The van der Waals surface area contributed by atoms with E-state index in [4.69, 9.17) is 0 Å². The third-order valence-corrected chi connectivity index (χ3v) is 3.55. The summed E-state index contributed by atoms with van der Waals surface area (Å²) in [5, 5.41) is 0. The van der Waals surface area contributed by atoms with Crippen molar-refractivity contribution in [3.63, 3.8) is 0 Å². The van der Waals surface area contributed by atoms with Gasteiger partial charge in [0.15, 0.2) is 0 Å². The highest BCUT2D eigenvalue weighted by Gasteiger charge is 2.27.